The number of hydrogen-bond donors (Lipinski definition) is 1. The number of hydrogen-bond acceptors (Lipinski definition) is 4. The molecular formula is C17H16N4O. The topological polar surface area (TPSA) is 52.0 Å². The number of ether oxygens (including phenoxy) is 1. The molecule has 0 atom stereocenters. The summed E-state index contributed by atoms with van der Waals surface area (Å²) in [4.78, 5) is 4.44. The molecule has 1 aliphatic heterocycles. The van der Waals surface area contributed by atoms with Crippen molar-refractivity contribution >= 4 is 5.82 Å². The van der Waals surface area contributed by atoms with E-state index in [-0.39, 0.29) is 0 Å². The summed E-state index contributed by atoms with van der Waals surface area (Å²) in [6, 6.07) is 13.8. The van der Waals surface area contributed by atoms with Gasteiger partial charge in [-0.3, -0.25) is 4.98 Å². The quantitative estimate of drug-likeness (QED) is 0.806. The van der Waals surface area contributed by atoms with Crippen LogP contribution in [0.5, 0.6) is 5.75 Å². The van der Waals surface area contributed by atoms with Crippen molar-refractivity contribution in [1.29, 1.82) is 0 Å². The van der Waals surface area contributed by atoms with Crippen LogP contribution in [-0.2, 0) is 6.42 Å². The number of methoxy groups -OCH3 is 1. The lowest BCUT2D eigenvalue weighted by atomic mass is 10.1. The normalized spacial score (nSPS) is 12.8. The standard InChI is InChI=1S/C17H16N4O/c1-22-13-7-5-12(6-8-13)21-17-14(9-11-19-17)16(20-21)15-4-2-3-10-18-15/h2-8,10,19H,9,11H2,1H3. The van der Waals surface area contributed by atoms with Crippen LogP contribution in [0.4, 0.5) is 5.82 Å². The number of nitrogens with one attached hydrogen (secondary N) is 1. The minimum atomic E-state index is 0.838. The average molecular weight is 292 g/mol. The van der Waals surface area contributed by atoms with Gasteiger partial charge in [0.25, 0.3) is 0 Å². The van der Waals surface area contributed by atoms with Gasteiger partial charge in [0, 0.05) is 18.3 Å². The van der Waals surface area contributed by atoms with Crippen LogP contribution in [0.1, 0.15) is 5.56 Å². The summed E-state index contributed by atoms with van der Waals surface area (Å²) in [7, 11) is 1.67. The fourth-order valence-corrected chi connectivity index (χ4v) is 2.79. The maximum Gasteiger partial charge on any atom is 0.133 e. The third-order valence-corrected chi connectivity index (χ3v) is 3.88. The fourth-order valence-electron chi connectivity index (χ4n) is 2.79. The molecule has 3 heterocycles. The first-order valence-electron chi connectivity index (χ1n) is 7.28. The summed E-state index contributed by atoms with van der Waals surface area (Å²) >= 11 is 0. The van der Waals surface area contributed by atoms with Crippen LogP contribution in [-0.4, -0.2) is 28.4 Å². The van der Waals surface area contributed by atoms with E-state index in [1.165, 1.54) is 5.56 Å². The van der Waals surface area contributed by atoms with E-state index < -0.39 is 0 Å². The first-order chi connectivity index (χ1) is 10.9. The molecule has 0 radical (unpaired) electrons. The molecule has 0 bridgehead atoms. The van der Waals surface area contributed by atoms with Crippen LogP contribution in [0.25, 0.3) is 17.1 Å². The molecular weight excluding hydrogens is 276 g/mol. The predicted octanol–water partition coefficient (Wildman–Crippen LogP) is 2.91. The van der Waals surface area contributed by atoms with Crippen molar-refractivity contribution in [3.63, 3.8) is 0 Å². The molecule has 22 heavy (non-hydrogen) atoms. The zero-order valence-electron chi connectivity index (χ0n) is 12.3. The molecule has 3 aromatic rings. The predicted molar refractivity (Wildman–Crippen MR) is 85.5 cm³/mol. The second-order valence-corrected chi connectivity index (χ2v) is 5.18. The van der Waals surface area contributed by atoms with Crippen LogP contribution >= 0.6 is 0 Å². The molecule has 4 rings (SSSR count). The van der Waals surface area contributed by atoms with E-state index in [0.29, 0.717) is 0 Å². The van der Waals surface area contributed by atoms with Crippen molar-refractivity contribution in [2.24, 2.45) is 0 Å². The third kappa shape index (κ3) is 2.02. The summed E-state index contributed by atoms with van der Waals surface area (Å²) in [6.07, 6.45) is 2.77. The monoisotopic (exact) mass is 292 g/mol. The van der Waals surface area contributed by atoms with Crippen LogP contribution in [0.15, 0.2) is 48.7 Å². The second kappa shape index (κ2) is 5.18. The number of aromatic nitrogens is 3. The number of rotatable bonds is 3. The van der Waals surface area contributed by atoms with Gasteiger partial charge in [-0.05, 0) is 42.8 Å². The summed E-state index contributed by atoms with van der Waals surface area (Å²) < 4.78 is 7.17. The van der Waals surface area contributed by atoms with Crippen molar-refractivity contribution < 1.29 is 4.74 Å². The van der Waals surface area contributed by atoms with Gasteiger partial charge in [0.2, 0.25) is 0 Å². The summed E-state index contributed by atoms with van der Waals surface area (Å²) in [5.74, 6) is 1.90. The highest BCUT2D eigenvalue weighted by Gasteiger charge is 2.24. The number of fused-ring (bicyclic) bond motifs is 1. The molecule has 2 aromatic heterocycles. The molecule has 110 valence electrons. The molecule has 5 nitrogen and oxygen atoms in total. The molecule has 1 N–H and O–H groups in total. The molecule has 0 aliphatic carbocycles. The van der Waals surface area contributed by atoms with Crippen LogP contribution in [0, 0.1) is 0 Å². The first-order valence-corrected chi connectivity index (χ1v) is 7.28. The molecule has 5 heteroatoms. The van der Waals surface area contributed by atoms with E-state index in [9.17, 15) is 0 Å². The van der Waals surface area contributed by atoms with Gasteiger partial charge < -0.3 is 10.1 Å². The summed E-state index contributed by atoms with van der Waals surface area (Å²) in [5.41, 5.74) is 4.11. The molecule has 0 unspecified atom stereocenters. The zero-order chi connectivity index (χ0) is 14.9. The molecule has 0 amide bonds. The van der Waals surface area contributed by atoms with Crippen LogP contribution in [0.3, 0.4) is 0 Å². The lowest BCUT2D eigenvalue weighted by molar-refractivity contribution is 0.414. The van der Waals surface area contributed by atoms with Gasteiger partial charge >= 0.3 is 0 Å². The largest absolute Gasteiger partial charge is 0.497 e. The van der Waals surface area contributed by atoms with Gasteiger partial charge in [-0.1, -0.05) is 6.07 Å². The van der Waals surface area contributed by atoms with Gasteiger partial charge in [-0.2, -0.15) is 5.10 Å². The van der Waals surface area contributed by atoms with Gasteiger partial charge in [-0.25, -0.2) is 4.68 Å². The van der Waals surface area contributed by atoms with Gasteiger partial charge in [0.05, 0.1) is 18.5 Å². The Morgan fingerprint density at radius 3 is 2.73 bits per heavy atom. The van der Waals surface area contributed by atoms with E-state index in [0.717, 1.165) is 41.6 Å². The Bertz CT molecular complexity index is 794. The first kappa shape index (κ1) is 12.9. The minimum Gasteiger partial charge on any atom is -0.497 e. The SMILES string of the molecule is COc1ccc(-n2nc(-c3ccccn3)c3c2NCC3)cc1. The van der Waals surface area contributed by atoms with Gasteiger partial charge in [0.1, 0.15) is 17.3 Å². The van der Waals surface area contributed by atoms with Crippen molar-refractivity contribution in [1.82, 2.24) is 14.8 Å². The van der Waals surface area contributed by atoms with E-state index >= 15 is 0 Å². The number of benzene rings is 1. The maximum atomic E-state index is 5.22. The maximum absolute atomic E-state index is 5.22. The van der Waals surface area contributed by atoms with Gasteiger partial charge in [-0.15, -0.1) is 0 Å². The van der Waals surface area contributed by atoms with E-state index in [2.05, 4.69) is 10.3 Å². The molecule has 1 aromatic carbocycles. The van der Waals surface area contributed by atoms with Crippen molar-refractivity contribution in [2.75, 3.05) is 19.0 Å². The van der Waals surface area contributed by atoms with Crippen molar-refractivity contribution in [2.45, 2.75) is 6.42 Å². The molecule has 0 fully saturated rings. The zero-order valence-corrected chi connectivity index (χ0v) is 12.3. The second-order valence-electron chi connectivity index (χ2n) is 5.18. The number of pyridine rings is 1. The minimum absolute atomic E-state index is 0.838. The van der Waals surface area contributed by atoms with E-state index in [4.69, 9.17) is 9.84 Å². The lowest BCUT2D eigenvalue weighted by Crippen LogP contribution is -2.04. The Hall–Kier alpha value is -2.82. The van der Waals surface area contributed by atoms with Crippen LogP contribution in [0.2, 0.25) is 0 Å². The van der Waals surface area contributed by atoms with Crippen molar-refractivity contribution in [3.8, 4) is 22.8 Å². The number of nitrogens with zero attached hydrogens (tertiary/aromatic N) is 3. The Kier molecular flexibility index (Phi) is 3.04. The highest BCUT2D eigenvalue weighted by molar-refractivity contribution is 5.70. The Balaban J connectivity index is 1.84. The van der Waals surface area contributed by atoms with Crippen LogP contribution < -0.4 is 10.1 Å². The Morgan fingerprint density at radius 1 is 1.14 bits per heavy atom. The van der Waals surface area contributed by atoms with Crippen molar-refractivity contribution in [3.05, 3.63) is 54.2 Å². The summed E-state index contributed by atoms with van der Waals surface area (Å²) in [6.45, 7) is 0.934. The summed E-state index contributed by atoms with van der Waals surface area (Å²) in [5, 5.41) is 8.21. The third-order valence-electron chi connectivity index (χ3n) is 3.88. The van der Waals surface area contributed by atoms with E-state index in [1.807, 2.05) is 47.1 Å². The lowest BCUT2D eigenvalue weighted by Gasteiger charge is -2.07. The highest BCUT2D eigenvalue weighted by Crippen LogP contribution is 2.33. The molecule has 0 saturated heterocycles. The fraction of sp³-hybridized carbons (Fsp3) is 0.176. The van der Waals surface area contributed by atoms with Gasteiger partial charge in [0.15, 0.2) is 0 Å². The molecule has 0 saturated carbocycles. The highest BCUT2D eigenvalue weighted by atomic mass is 16.5. The molecule has 0 spiro atoms. The Morgan fingerprint density at radius 2 is 2.00 bits per heavy atom. The molecule has 1 aliphatic rings. The Labute approximate surface area is 128 Å². The average Bonchev–Trinajstić information content (AvgIpc) is 3.18. The van der Waals surface area contributed by atoms with E-state index in [1.54, 1.807) is 13.3 Å². The number of anilines is 1. The smallest absolute Gasteiger partial charge is 0.133 e.